The minimum absolute atomic E-state index is 0.0155. The number of ether oxygens (including phenoxy) is 1. The fourth-order valence-corrected chi connectivity index (χ4v) is 4.57. The lowest BCUT2D eigenvalue weighted by Crippen LogP contribution is -2.21. The third-order valence-electron chi connectivity index (χ3n) is 4.92. The van der Waals surface area contributed by atoms with Crippen LogP contribution in [0.3, 0.4) is 0 Å². The van der Waals surface area contributed by atoms with Crippen molar-refractivity contribution in [3.05, 3.63) is 76.5 Å². The summed E-state index contributed by atoms with van der Waals surface area (Å²) in [6.45, 7) is 6.53. The number of hydrogen-bond acceptors (Lipinski definition) is 4. The number of rotatable bonds is 4. The van der Waals surface area contributed by atoms with Crippen molar-refractivity contribution in [2.24, 2.45) is 0 Å². The summed E-state index contributed by atoms with van der Waals surface area (Å²) in [4.78, 5) is 12.3. The predicted octanol–water partition coefficient (Wildman–Crippen LogP) is 4.77. The maximum absolute atomic E-state index is 12.3. The Hall–Kier alpha value is -2.73. The van der Waals surface area contributed by atoms with Crippen LogP contribution in [0.4, 0.5) is 5.82 Å². The molecule has 3 aromatic rings. The Balaban J connectivity index is 1.53. The number of H-pyrrole nitrogens is 1. The number of nitrogens with one attached hydrogen (secondary N) is 2. The van der Waals surface area contributed by atoms with Gasteiger partial charge in [-0.3, -0.25) is 9.89 Å². The second-order valence-corrected chi connectivity index (χ2v) is 8.55. The molecule has 28 heavy (non-hydrogen) atoms. The molecule has 0 saturated carbocycles. The molecule has 1 aromatic heterocycles. The molecule has 2 atom stereocenters. The summed E-state index contributed by atoms with van der Waals surface area (Å²) in [6, 6.07) is 16.5. The van der Waals surface area contributed by atoms with Crippen molar-refractivity contribution >= 4 is 23.5 Å². The number of anilines is 1. The van der Waals surface area contributed by atoms with Gasteiger partial charge < -0.3 is 10.1 Å². The molecule has 6 heteroatoms. The maximum atomic E-state index is 12.3. The number of carbonyl (C=O) groups excluding carboxylic acids is 1. The molecule has 2 N–H and O–H groups in total. The van der Waals surface area contributed by atoms with Gasteiger partial charge in [0.25, 0.3) is 0 Å². The molecule has 2 heterocycles. The van der Waals surface area contributed by atoms with Crippen LogP contribution < -0.4 is 10.1 Å². The van der Waals surface area contributed by atoms with Crippen molar-refractivity contribution < 1.29 is 9.53 Å². The van der Waals surface area contributed by atoms with E-state index in [1.807, 2.05) is 26.0 Å². The molecule has 0 fully saturated rings. The lowest BCUT2D eigenvalue weighted by atomic mass is 10.0. The van der Waals surface area contributed by atoms with Gasteiger partial charge in [-0.05, 0) is 44.0 Å². The molecule has 4 rings (SSSR count). The molecule has 2 aromatic carbocycles. The molecule has 144 valence electrons. The van der Waals surface area contributed by atoms with Gasteiger partial charge in [-0.15, -0.1) is 11.8 Å². The van der Waals surface area contributed by atoms with Crippen LogP contribution in [0, 0.1) is 13.8 Å². The van der Waals surface area contributed by atoms with Crippen LogP contribution in [0.15, 0.2) is 48.5 Å². The average molecular weight is 394 g/mol. The van der Waals surface area contributed by atoms with E-state index in [1.165, 1.54) is 5.56 Å². The number of thioether (sulfide) groups is 1. The van der Waals surface area contributed by atoms with E-state index >= 15 is 0 Å². The average Bonchev–Trinajstić information content (AvgIpc) is 2.99. The largest absolute Gasteiger partial charge is 0.489 e. The SMILES string of the molecule is Cc1ccc(COc2ccc([C@@H]3S[C@H](C)C(=O)Nc4n[nH]c(C)c43)cc2)cc1. The molecule has 1 aliphatic heterocycles. The molecule has 0 bridgehead atoms. The van der Waals surface area contributed by atoms with Crippen molar-refractivity contribution in [1.82, 2.24) is 10.2 Å². The first-order chi connectivity index (χ1) is 13.5. The summed E-state index contributed by atoms with van der Waals surface area (Å²) >= 11 is 1.63. The minimum atomic E-state index is -0.156. The van der Waals surface area contributed by atoms with Gasteiger partial charge in [0, 0.05) is 11.3 Å². The number of fused-ring (bicyclic) bond motifs is 1. The molecule has 1 aliphatic rings. The van der Waals surface area contributed by atoms with E-state index in [1.54, 1.807) is 11.8 Å². The summed E-state index contributed by atoms with van der Waals surface area (Å²) < 4.78 is 5.92. The van der Waals surface area contributed by atoms with Gasteiger partial charge in [-0.25, -0.2) is 0 Å². The molecule has 0 radical (unpaired) electrons. The zero-order chi connectivity index (χ0) is 19.7. The van der Waals surface area contributed by atoms with Crippen molar-refractivity contribution in [2.75, 3.05) is 5.32 Å². The van der Waals surface area contributed by atoms with E-state index < -0.39 is 0 Å². The Morgan fingerprint density at radius 2 is 1.79 bits per heavy atom. The number of carbonyl (C=O) groups is 1. The smallest absolute Gasteiger partial charge is 0.238 e. The number of nitrogens with zero attached hydrogens (tertiary/aromatic N) is 1. The first-order valence-electron chi connectivity index (χ1n) is 9.31. The van der Waals surface area contributed by atoms with E-state index in [2.05, 4.69) is 58.8 Å². The van der Waals surface area contributed by atoms with Crippen LogP contribution in [-0.4, -0.2) is 21.4 Å². The summed E-state index contributed by atoms with van der Waals surface area (Å²) in [7, 11) is 0. The van der Waals surface area contributed by atoms with Gasteiger partial charge in [-0.2, -0.15) is 5.10 Å². The van der Waals surface area contributed by atoms with E-state index in [4.69, 9.17) is 4.74 Å². The third kappa shape index (κ3) is 3.78. The van der Waals surface area contributed by atoms with E-state index in [0.29, 0.717) is 12.4 Å². The Labute approximate surface area is 168 Å². The second kappa shape index (κ2) is 7.72. The van der Waals surface area contributed by atoms with Crippen LogP contribution >= 0.6 is 11.8 Å². The van der Waals surface area contributed by atoms with Crippen molar-refractivity contribution in [3.8, 4) is 5.75 Å². The Bertz CT molecular complexity index is 980. The van der Waals surface area contributed by atoms with Gasteiger partial charge in [-0.1, -0.05) is 42.0 Å². The van der Waals surface area contributed by atoms with Crippen molar-refractivity contribution in [2.45, 2.75) is 37.9 Å². The third-order valence-corrected chi connectivity index (χ3v) is 6.32. The van der Waals surface area contributed by atoms with Crippen LogP contribution in [0.5, 0.6) is 5.75 Å². The maximum Gasteiger partial charge on any atom is 0.238 e. The van der Waals surface area contributed by atoms with Crippen molar-refractivity contribution in [1.29, 1.82) is 0 Å². The topological polar surface area (TPSA) is 67.0 Å². The van der Waals surface area contributed by atoms with Gasteiger partial charge in [0.15, 0.2) is 5.82 Å². The first kappa shape index (κ1) is 18.6. The lowest BCUT2D eigenvalue weighted by molar-refractivity contribution is -0.115. The zero-order valence-corrected chi connectivity index (χ0v) is 17.0. The molecular formula is C22H23N3O2S. The second-order valence-electron chi connectivity index (χ2n) is 7.10. The molecule has 0 unspecified atom stereocenters. The number of aromatic amines is 1. The van der Waals surface area contributed by atoms with Crippen LogP contribution in [0.1, 0.15) is 40.1 Å². The zero-order valence-electron chi connectivity index (χ0n) is 16.2. The summed E-state index contributed by atoms with van der Waals surface area (Å²) in [6.07, 6.45) is 0. The van der Waals surface area contributed by atoms with Crippen LogP contribution in [0.25, 0.3) is 0 Å². The number of hydrogen-bond donors (Lipinski definition) is 2. The molecular weight excluding hydrogens is 370 g/mol. The van der Waals surface area contributed by atoms with E-state index in [-0.39, 0.29) is 16.4 Å². The molecule has 1 amide bonds. The standard InChI is InChI=1S/C22H23N3O2S/c1-13-4-6-16(7-5-13)12-27-18-10-8-17(9-11-18)20-19-14(2)24-25-21(19)23-22(26)15(3)28-20/h4-11,15,20H,12H2,1-3H3,(H2,23,24,25,26)/t15-,20+/m1/s1. The highest BCUT2D eigenvalue weighted by Crippen LogP contribution is 2.44. The highest BCUT2D eigenvalue weighted by molar-refractivity contribution is 8.01. The lowest BCUT2D eigenvalue weighted by Gasteiger charge is -2.18. The fourth-order valence-electron chi connectivity index (χ4n) is 3.24. The van der Waals surface area contributed by atoms with Gasteiger partial charge in [0.2, 0.25) is 5.91 Å². The molecule has 0 aliphatic carbocycles. The quantitative estimate of drug-likeness (QED) is 0.670. The number of amides is 1. The summed E-state index contributed by atoms with van der Waals surface area (Å²) in [5.74, 6) is 1.44. The predicted molar refractivity (Wildman–Crippen MR) is 113 cm³/mol. The highest BCUT2D eigenvalue weighted by atomic mass is 32.2. The number of aryl methyl sites for hydroxylation is 2. The Kier molecular flexibility index (Phi) is 5.13. The Morgan fingerprint density at radius 1 is 1.07 bits per heavy atom. The Morgan fingerprint density at radius 3 is 2.50 bits per heavy atom. The number of benzene rings is 2. The summed E-state index contributed by atoms with van der Waals surface area (Å²) in [5.41, 5.74) is 5.52. The summed E-state index contributed by atoms with van der Waals surface area (Å²) in [5, 5.41) is 10.1. The van der Waals surface area contributed by atoms with Crippen molar-refractivity contribution in [3.63, 3.8) is 0 Å². The van der Waals surface area contributed by atoms with Crippen LogP contribution in [-0.2, 0) is 11.4 Å². The van der Waals surface area contributed by atoms with Gasteiger partial charge >= 0.3 is 0 Å². The first-order valence-corrected chi connectivity index (χ1v) is 10.2. The normalized spacial score (nSPS) is 18.9. The van der Waals surface area contributed by atoms with Crippen LogP contribution in [0.2, 0.25) is 0 Å². The highest BCUT2D eigenvalue weighted by Gasteiger charge is 2.32. The van der Waals surface area contributed by atoms with Gasteiger partial charge in [0.05, 0.1) is 10.5 Å². The van der Waals surface area contributed by atoms with E-state index in [9.17, 15) is 4.79 Å². The van der Waals surface area contributed by atoms with E-state index in [0.717, 1.165) is 28.1 Å². The number of aromatic nitrogens is 2. The monoisotopic (exact) mass is 393 g/mol. The molecule has 0 saturated heterocycles. The van der Waals surface area contributed by atoms with Gasteiger partial charge in [0.1, 0.15) is 12.4 Å². The minimum Gasteiger partial charge on any atom is -0.489 e. The fraction of sp³-hybridized carbons (Fsp3) is 0.273. The molecule has 5 nitrogen and oxygen atoms in total. The molecule has 0 spiro atoms.